The number of aryl methyl sites for hydroxylation is 2. The first-order valence-electron chi connectivity index (χ1n) is 7.91. The van der Waals surface area contributed by atoms with Gasteiger partial charge >= 0.3 is 0 Å². The number of piperidine rings is 1. The summed E-state index contributed by atoms with van der Waals surface area (Å²) in [6, 6.07) is 6.33. The fraction of sp³-hybridized carbons (Fsp3) is 0.471. The topological polar surface area (TPSA) is 53.9 Å². The van der Waals surface area contributed by atoms with E-state index in [1.54, 1.807) is 6.20 Å². The number of aromatic nitrogens is 3. The summed E-state index contributed by atoms with van der Waals surface area (Å²) in [5.74, 6) is 2.16. The van der Waals surface area contributed by atoms with Gasteiger partial charge in [0.15, 0.2) is 5.82 Å². The SMILES string of the molecule is Cc1ccc(Nc2cnnc(N3CCCC(C)C3)n2)c(C)c1. The smallest absolute Gasteiger partial charge is 0.247 e. The molecule has 1 aromatic heterocycles. The standard InChI is InChI=1S/C17H23N5/c1-12-6-7-15(14(3)9-12)19-16-10-18-21-17(20-16)22-8-4-5-13(2)11-22/h6-7,9-10,13H,4-5,8,11H2,1-3H3,(H,19,20,21). The zero-order valence-electron chi connectivity index (χ0n) is 13.5. The fourth-order valence-electron chi connectivity index (χ4n) is 2.95. The van der Waals surface area contributed by atoms with Crippen molar-refractivity contribution >= 4 is 17.5 Å². The Kier molecular flexibility index (Phi) is 4.22. The Labute approximate surface area is 131 Å². The summed E-state index contributed by atoms with van der Waals surface area (Å²) >= 11 is 0. The van der Waals surface area contributed by atoms with Crippen molar-refractivity contribution in [3.05, 3.63) is 35.5 Å². The van der Waals surface area contributed by atoms with E-state index in [2.05, 4.69) is 64.4 Å². The van der Waals surface area contributed by atoms with E-state index in [9.17, 15) is 0 Å². The quantitative estimate of drug-likeness (QED) is 0.940. The molecule has 1 N–H and O–H groups in total. The minimum Gasteiger partial charge on any atom is -0.339 e. The molecule has 3 rings (SSSR count). The zero-order chi connectivity index (χ0) is 15.5. The van der Waals surface area contributed by atoms with Crippen LogP contribution < -0.4 is 10.2 Å². The van der Waals surface area contributed by atoms with Crippen molar-refractivity contribution in [1.82, 2.24) is 15.2 Å². The van der Waals surface area contributed by atoms with E-state index in [1.165, 1.54) is 24.0 Å². The lowest BCUT2D eigenvalue weighted by atomic mass is 10.0. The first-order valence-corrected chi connectivity index (χ1v) is 7.91. The number of nitrogens with zero attached hydrogens (tertiary/aromatic N) is 4. The summed E-state index contributed by atoms with van der Waals surface area (Å²) in [5.41, 5.74) is 3.52. The van der Waals surface area contributed by atoms with Gasteiger partial charge in [-0.25, -0.2) is 0 Å². The molecule has 0 saturated carbocycles. The summed E-state index contributed by atoms with van der Waals surface area (Å²) < 4.78 is 0. The first-order chi connectivity index (χ1) is 10.6. The Bertz CT molecular complexity index is 655. The second kappa shape index (κ2) is 6.30. The molecule has 1 unspecified atom stereocenters. The Balaban J connectivity index is 1.79. The highest BCUT2D eigenvalue weighted by molar-refractivity contribution is 5.61. The molecule has 0 spiro atoms. The van der Waals surface area contributed by atoms with Crippen LogP contribution in [0.15, 0.2) is 24.4 Å². The van der Waals surface area contributed by atoms with Crippen molar-refractivity contribution in [3.8, 4) is 0 Å². The third kappa shape index (κ3) is 3.35. The third-order valence-electron chi connectivity index (χ3n) is 4.13. The van der Waals surface area contributed by atoms with Crippen molar-refractivity contribution in [2.45, 2.75) is 33.6 Å². The summed E-state index contributed by atoms with van der Waals surface area (Å²) in [6.07, 6.45) is 4.15. The molecular weight excluding hydrogens is 274 g/mol. The molecule has 116 valence electrons. The van der Waals surface area contributed by atoms with Crippen LogP contribution in [0.25, 0.3) is 0 Å². The van der Waals surface area contributed by atoms with Gasteiger partial charge in [0, 0.05) is 18.8 Å². The highest BCUT2D eigenvalue weighted by Gasteiger charge is 2.19. The van der Waals surface area contributed by atoms with Gasteiger partial charge in [-0.1, -0.05) is 24.6 Å². The second-order valence-electron chi connectivity index (χ2n) is 6.28. The van der Waals surface area contributed by atoms with E-state index in [0.717, 1.165) is 30.5 Å². The Hall–Kier alpha value is -2.17. The van der Waals surface area contributed by atoms with Crippen LogP contribution in [0, 0.1) is 19.8 Å². The number of hydrogen-bond acceptors (Lipinski definition) is 5. The number of anilines is 3. The van der Waals surface area contributed by atoms with E-state index in [1.807, 2.05) is 0 Å². The molecule has 0 amide bonds. The largest absolute Gasteiger partial charge is 0.339 e. The van der Waals surface area contributed by atoms with E-state index in [-0.39, 0.29) is 0 Å². The molecule has 0 radical (unpaired) electrons. The minimum atomic E-state index is 0.688. The lowest BCUT2D eigenvalue weighted by molar-refractivity contribution is 0.441. The molecule has 2 heterocycles. The third-order valence-corrected chi connectivity index (χ3v) is 4.13. The molecule has 1 fully saturated rings. The van der Waals surface area contributed by atoms with Gasteiger partial charge in [-0.05, 0) is 44.2 Å². The number of rotatable bonds is 3. The van der Waals surface area contributed by atoms with Crippen LogP contribution in [0.5, 0.6) is 0 Å². The highest BCUT2D eigenvalue weighted by atomic mass is 15.3. The van der Waals surface area contributed by atoms with Crippen molar-refractivity contribution in [3.63, 3.8) is 0 Å². The summed E-state index contributed by atoms with van der Waals surface area (Å²) in [6.45, 7) is 8.49. The summed E-state index contributed by atoms with van der Waals surface area (Å²) in [4.78, 5) is 6.86. The van der Waals surface area contributed by atoms with Crippen LogP contribution in [-0.2, 0) is 0 Å². The monoisotopic (exact) mass is 297 g/mol. The van der Waals surface area contributed by atoms with Crippen LogP contribution in [-0.4, -0.2) is 28.3 Å². The molecule has 1 atom stereocenters. The Morgan fingerprint density at radius 2 is 2.14 bits per heavy atom. The van der Waals surface area contributed by atoms with Crippen LogP contribution >= 0.6 is 0 Å². The van der Waals surface area contributed by atoms with Crippen molar-refractivity contribution in [1.29, 1.82) is 0 Å². The maximum Gasteiger partial charge on any atom is 0.247 e. The molecule has 5 heteroatoms. The summed E-state index contributed by atoms with van der Waals surface area (Å²) in [7, 11) is 0. The maximum atomic E-state index is 4.63. The molecule has 1 aromatic carbocycles. The molecule has 1 aliphatic heterocycles. The van der Waals surface area contributed by atoms with E-state index < -0.39 is 0 Å². The van der Waals surface area contributed by atoms with Crippen molar-refractivity contribution < 1.29 is 0 Å². The van der Waals surface area contributed by atoms with Gasteiger partial charge in [0.2, 0.25) is 5.95 Å². The van der Waals surface area contributed by atoms with Gasteiger partial charge in [-0.2, -0.15) is 10.1 Å². The molecule has 0 bridgehead atoms. The number of nitrogens with one attached hydrogen (secondary N) is 1. The predicted octanol–water partition coefficient (Wildman–Crippen LogP) is 3.47. The highest BCUT2D eigenvalue weighted by Crippen LogP contribution is 2.23. The first kappa shape index (κ1) is 14.8. The lowest BCUT2D eigenvalue weighted by Crippen LogP contribution is -2.35. The van der Waals surface area contributed by atoms with Gasteiger partial charge in [-0.15, -0.1) is 5.10 Å². The number of benzene rings is 1. The minimum absolute atomic E-state index is 0.688. The van der Waals surface area contributed by atoms with Crippen LogP contribution in [0.3, 0.4) is 0 Å². The van der Waals surface area contributed by atoms with E-state index in [4.69, 9.17) is 0 Å². The van der Waals surface area contributed by atoms with Crippen molar-refractivity contribution in [2.24, 2.45) is 5.92 Å². The van der Waals surface area contributed by atoms with E-state index in [0.29, 0.717) is 5.92 Å². The Morgan fingerprint density at radius 1 is 1.27 bits per heavy atom. The normalized spacial score (nSPS) is 18.3. The van der Waals surface area contributed by atoms with Gasteiger partial charge in [0.05, 0.1) is 6.20 Å². The molecule has 5 nitrogen and oxygen atoms in total. The molecule has 2 aromatic rings. The predicted molar refractivity (Wildman–Crippen MR) is 89.6 cm³/mol. The Morgan fingerprint density at radius 3 is 2.91 bits per heavy atom. The maximum absolute atomic E-state index is 4.63. The lowest BCUT2D eigenvalue weighted by Gasteiger charge is -2.30. The van der Waals surface area contributed by atoms with Gasteiger partial charge in [-0.3, -0.25) is 0 Å². The van der Waals surface area contributed by atoms with E-state index >= 15 is 0 Å². The van der Waals surface area contributed by atoms with Crippen LogP contribution in [0.1, 0.15) is 30.9 Å². The summed E-state index contributed by atoms with van der Waals surface area (Å²) in [5, 5.41) is 11.7. The molecule has 1 saturated heterocycles. The van der Waals surface area contributed by atoms with Gasteiger partial charge in [0.1, 0.15) is 0 Å². The van der Waals surface area contributed by atoms with Gasteiger partial charge < -0.3 is 10.2 Å². The van der Waals surface area contributed by atoms with Gasteiger partial charge in [0.25, 0.3) is 0 Å². The molecule has 1 aliphatic rings. The zero-order valence-corrected chi connectivity index (χ0v) is 13.5. The average molecular weight is 297 g/mol. The molecular formula is C17H23N5. The molecule has 0 aliphatic carbocycles. The van der Waals surface area contributed by atoms with Crippen LogP contribution in [0.2, 0.25) is 0 Å². The van der Waals surface area contributed by atoms with Crippen molar-refractivity contribution in [2.75, 3.05) is 23.3 Å². The van der Waals surface area contributed by atoms with Crippen LogP contribution in [0.4, 0.5) is 17.5 Å². The average Bonchev–Trinajstić information content (AvgIpc) is 2.50. The second-order valence-corrected chi connectivity index (χ2v) is 6.28. The molecule has 22 heavy (non-hydrogen) atoms. The fourth-order valence-corrected chi connectivity index (χ4v) is 2.95. The number of hydrogen-bond donors (Lipinski definition) is 1.